The van der Waals surface area contributed by atoms with E-state index in [1.54, 1.807) is 48.2 Å². The van der Waals surface area contributed by atoms with Crippen LogP contribution in [0.2, 0.25) is 0 Å². The smallest absolute Gasteiger partial charge is 0.261 e. The number of rotatable bonds is 7. The number of nitrogens with zero attached hydrogens (tertiary/aromatic N) is 1. The van der Waals surface area contributed by atoms with Crippen molar-refractivity contribution in [2.24, 2.45) is 0 Å². The van der Waals surface area contributed by atoms with Crippen molar-refractivity contribution in [1.29, 1.82) is 0 Å². The quantitative estimate of drug-likeness (QED) is 0.531. The summed E-state index contributed by atoms with van der Waals surface area (Å²) < 4.78 is 28.9. The van der Waals surface area contributed by atoms with Gasteiger partial charge in [0.1, 0.15) is 0 Å². The standard InChI is InChI=1S/C26H27N3O4S/c1-3-25(30)29-16-15-20-17-21(13-14-24(20)29)34(32,33)28-23-12-8-7-11-22(23)26(31)27-18(2)19-9-5-4-6-10-19/h4-14,17-18,28H,3,15-16H2,1-2H3,(H,27,31). The molecule has 1 aliphatic heterocycles. The van der Waals surface area contributed by atoms with Crippen LogP contribution in [0.3, 0.4) is 0 Å². The van der Waals surface area contributed by atoms with E-state index in [9.17, 15) is 18.0 Å². The Kier molecular flexibility index (Phi) is 6.70. The van der Waals surface area contributed by atoms with Crippen LogP contribution in [0, 0.1) is 0 Å². The third kappa shape index (κ3) is 4.82. The molecule has 34 heavy (non-hydrogen) atoms. The molecule has 0 fully saturated rings. The summed E-state index contributed by atoms with van der Waals surface area (Å²) in [5.41, 5.74) is 2.94. The van der Waals surface area contributed by atoms with E-state index < -0.39 is 10.0 Å². The largest absolute Gasteiger partial charge is 0.345 e. The number of hydrogen-bond donors (Lipinski definition) is 2. The number of nitrogens with one attached hydrogen (secondary N) is 2. The lowest BCUT2D eigenvalue weighted by molar-refractivity contribution is -0.118. The van der Waals surface area contributed by atoms with Gasteiger partial charge < -0.3 is 10.2 Å². The van der Waals surface area contributed by atoms with Gasteiger partial charge >= 0.3 is 0 Å². The topological polar surface area (TPSA) is 95.6 Å². The number of carbonyl (C=O) groups is 2. The molecule has 3 aromatic carbocycles. The highest BCUT2D eigenvalue weighted by Crippen LogP contribution is 2.31. The molecule has 7 nitrogen and oxygen atoms in total. The molecular weight excluding hydrogens is 450 g/mol. The Morgan fingerprint density at radius 3 is 2.44 bits per heavy atom. The van der Waals surface area contributed by atoms with Crippen molar-refractivity contribution in [2.75, 3.05) is 16.2 Å². The number of fused-ring (bicyclic) bond motifs is 1. The highest BCUT2D eigenvalue weighted by atomic mass is 32.2. The van der Waals surface area contributed by atoms with Gasteiger partial charge in [-0.15, -0.1) is 0 Å². The van der Waals surface area contributed by atoms with Crippen LogP contribution < -0.4 is 14.9 Å². The average Bonchev–Trinajstić information content (AvgIpc) is 3.27. The fourth-order valence-electron chi connectivity index (χ4n) is 4.07. The minimum atomic E-state index is -3.95. The second kappa shape index (κ2) is 9.69. The molecule has 2 N–H and O–H groups in total. The second-order valence-electron chi connectivity index (χ2n) is 8.20. The lowest BCUT2D eigenvalue weighted by Gasteiger charge is -2.18. The van der Waals surface area contributed by atoms with Crippen LogP contribution in [-0.2, 0) is 21.2 Å². The number of sulfonamides is 1. The Morgan fingerprint density at radius 2 is 1.71 bits per heavy atom. The van der Waals surface area contributed by atoms with Crippen molar-refractivity contribution >= 4 is 33.2 Å². The highest BCUT2D eigenvalue weighted by Gasteiger charge is 2.26. The van der Waals surface area contributed by atoms with Gasteiger partial charge in [0.2, 0.25) is 5.91 Å². The number of para-hydroxylation sites is 1. The van der Waals surface area contributed by atoms with Crippen molar-refractivity contribution in [3.05, 3.63) is 89.5 Å². The van der Waals surface area contributed by atoms with Gasteiger partial charge in [-0.1, -0.05) is 49.4 Å². The molecule has 1 unspecified atom stereocenters. The first kappa shape index (κ1) is 23.5. The lowest BCUT2D eigenvalue weighted by atomic mass is 10.1. The third-order valence-electron chi connectivity index (χ3n) is 5.92. The Hall–Kier alpha value is -3.65. The Labute approximate surface area is 199 Å². The summed E-state index contributed by atoms with van der Waals surface area (Å²) >= 11 is 0. The fraction of sp³-hybridized carbons (Fsp3) is 0.231. The predicted octanol–water partition coefficient (Wildman–Crippen LogP) is 4.28. The number of amides is 2. The van der Waals surface area contributed by atoms with E-state index in [0.717, 1.165) is 16.8 Å². The number of hydrogen-bond acceptors (Lipinski definition) is 4. The van der Waals surface area contributed by atoms with E-state index in [-0.39, 0.29) is 34.0 Å². The molecular formula is C26H27N3O4S. The first-order chi connectivity index (χ1) is 16.3. The van der Waals surface area contributed by atoms with Crippen molar-refractivity contribution < 1.29 is 18.0 Å². The molecule has 2 amide bonds. The summed E-state index contributed by atoms with van der Waals surface area (Å²) in [6, 6.07) is 20.6. The maximum Gasteiger partial charge on any atom is 0.261 e. The number of anilines is 2. The third-order valence-corrected chi connectivity index (χ3v) is 7.29. The SMILES string of the molecule is CCC(=O)N1CCc2cc(S(=O)(=O)Nc3ccccc3C(=O)NC(C)c3ccccc3)ccc21. The van der Waals surface area contributed by atoms with Crippen LogP contribution in [0.15, 0.2) is 77.7 Å². The van der Waals surface area contributed by atoms with Crippen LogP contribution in [-0.4, -0.2) is 26.8 Å². The van der Waals surface area contributed by atoms with Gasteiger partial charge in [0.25, 0.3) is 15.9 Å². The molecule has 1 atom stereocenters. The highest BCUT2D eigenvalue weighted by molar-refractivity contribution is 7.92. The monoisotopic (exact) mass is 477 g/mol. The van der Waals surface area contributed by atoms with E-state index in [4.69, 9.17) is 0 Å². The summed E-state index contributed by atoms with van der Waals surface area (Å²) in [6.45, 7) is 4.22. The minimum absolute atomic E-state index is 0.0113. The molecule has 3 aromatic rings. The summed E-state index contributed by atoms with van der Waals surface area (Å²) in [5.74, 6) is -0.366. The van der Waals surface area contributed by atoms with Gasteiger partial charge in [0.15, 0.2) is 0 Å². The zero-order valence-electron chi connectivity index (χ0n) is 19.1. The first-order valence-corrected chi connectivity index (χ1v) is 12.7. The van der Waals surface area contributed by atoms with Crippen molar-refractivity contribution in [2.45, 2.75) is 37.6 Å². The molecule has 0 spiro atoms. The minimum Gasteiger partial charge on any atom is -0.345 e. The van der Waals surface area contributed by atoms with Crippen LogP contribution in [0.5, 0.6) is 0 Å². The normalized spacial score (nSPS) is 13.8. The molecule has 0 aliphatic carbocycles. The molecule has 0 radical (unpaired) electrons. The zero-order valence-corrected chi connectivity index (χ0v) is 19.9. The second-order valence-corrected chi connectivity index (χ2v) is 9.88. The van der Waals surface area contributed by atoms with Gasteiger partial charge in [0.05, 0.1) is 22.2 Å². The molecule has 176 valence electrons. The van der Waals surface area contributed by atoms with E-state index >= 15 is 0 Å². The van der Waals surface area contributed by atoms with E-state index in [2.05, 4.69) is 10.0 Å². The molecule has 1 aliphatic rings. The summed E-state index contributed by atoms with van der Waals surface area (Å²) in [5, 5.41) is 2.92. The molecule has 0 bridgehead atoms. The van der Waals surface area contributed by atoms with Crippen LogP contribution in [0.1, 0.15) is 47.8 Å². The number of benzene rings is 3. The lowest BCUT2D eigenvalue weighted by Crippen LogP contribution is -2.28. The molecule has 1 heterocycles. The summed E-state index contributed by atoms with van der Waals surface area (Å²) in [7, 11) is -3.95. The van der Waals surface area contributed by atoms with Gasteiger partial charge in [-0.3, -0.25) is 14.3 Å². The van der Waals surface area contributed by atoms with Gasteiger partial charge in [0, 0.05) is 18.7 Å². The van der Waals surface area contributed by atoms with Gasteiger partial charge in [-0.25, -0.2) is 8.42 Å². The van der Waals surface area contributed by atoms with Crippen LogP contribution in [0.25, 0.3) is 0 Å². The summed E-state index contributed by atoms with van der Waals surface area (Å²) in [6.07, 6.45) is 0.990. The average molecular weight is 478 g/mol. The van der Waals surface area contributed by atoms with E-state index in [0.29, 0.717) is 19.4 Å². The van der Waals surface area contributed by atoms with Crippen molar-refractivity contribution in [1.82, 2.24) is 5.32 Å². The molecule has 0 aromatic heterocycles. The fourth-order valence-corrected chi connectivity index (χ4v) is 5.20. The molecule has 0 saturated heterocycles. The Morgan fingerprint density at radius 1 is 1.00 bits per heavy atom. The van der Waals surface area contributed by atoms with Gasteiger partial charge in [-0.2, -0.15) is 0 Å². The number of carbonyl (C=O) groups excluding carboxylic acids is 2. The summed E-state index contributed by atoms with van der Waals surface area (Å²) in [4.78, 5) is 26.9. The first-order valence-electron chi connectivity index (χ1n) is 11.2. The van der Waals surface area contributed by atoms with Crippen molar-refractivity contribution in [3.8, 4) is 0 Å². The Bertz CT molecular complexity index is 1320. The van der Waals surface area contributed by atoms with Gasteiger partial charge in [-0.05, 0) is 54.8 Å². The Balaban J connectivity index is 1.55. The molecule has 8 heteroatoms. The maximum atomic E-state index is 13.2. The molecule has 0 saturated carbocycles. The van der Waals surface area contributed by atoms with E-state index in [1.807, 2.05) is 37.3 Å². The maximum absolute atomic E-state index is 13.2. The zero-order chi connectivity index (χ0) is 24.3. The van der Waals surface area contributed by atoms with Crippen LogP contribution >= 0.6 is 0 Å². The van der Waals surface area contributed by atoms with Crippen molar-refractivity contribution in [3.63, 3.8) is 0 Å². The van der Waals surface area contributed by atoms with E-state index in [1.165, 1.54) is 6.07 Å². The predicted molar refractivity (Wildman–Crippen MR) is 132 cm³/mol. The van der Waals surface area contributed by atoms with Crippen LogP contribution in [0.4, 0.5) is 11.4 Å². The molecule has 4 rings (SSSR count).